The van der Waals surface area contributed by atoms with Crippen LogP contribution < -0.4 is 0 Å². The minimum atomic E-state index is -0.977. The lowest BCUT2D eigenvalue weighted by Crippen LogP contribution is -2.38. The van der Waals surface area contributed by atoms with Crippen LogP contribution in [-0.2, 0) is 23.1 Å². The summed E-state index contributed by atoms with van der Waals surface area (Å²) in [4.78, 5) is 24.2. The summed E-state index contributed by atoms with van der Waals surface area (Å²) >= 11 is 0. The van der Waals surface area contributed by atoms with E-state index in [-0.39, 0.29) is 18.4 Å². The molecule has 0 unspecified atom stereocenters. The van der Waals surface area contributed by atoms with Gasteiger partial charge in [-0.15, -0.1) is 0 Å². The number of carboxylic acids is 1. The third-order valence-corrected chi connectivity index (χ3v) is 2.65. The zero-order valence-electron chi connectivity index (χ0n) is 11.7. The van der Waals surface area contributed by atoms with E-state index in [1.54, 1.807) is 10.9 Å². The van der Waals surface area contributed by atoms with Gasteiger partial charge < -0.3 is 10.0 Å². The molecule has 0 aromatic carbocycles. The van der Waals surface area contributed by atoms with Gasteiger partial charge in [-0.25, -0.2) is 0 Å². The molecule has 0 saturated carbocycles. The predicted octanol–water partition coefficient (Wildman–Crippen LogP) is 0.922. The number of aryl methyl sites for hydroxylation is 2. The van der Waals surface area contributed by atoms with Gasteiger partial charge in [0, 0.05) is 26.2 Å². The fourth-order valence-corrected chi connectivity index (χ4v) is 1.87. The highest BCUT2D eigenvalue weighted by molar-refractivity contribution is 5.81. The first kappa shape index (κ1) is 15.2. The van der Waals surface area contributed by atoms with E-state index < -0.39 is 5.97 Å². The Labute approximate surface area is 113 Å². The number of carbonyl (C=O) groups is 2. The van der Waals surface area contributed by atoms with Gasteiger partial charge in [0.15, 0.2) is 0 Å². The van der Waals surface area contributed by atoms with Crippen molar-refractivity contribution in [3.8, 4) is 0 Å². The predicted molar refractivity (Wildman–Crippen MR) is 70.6 cm³/mol. The normalized spacial score (nSPS) is 10.7. The SMILES string of the molecule is CC(C)CN(CC(=O)O)C(=O)CCc1cnn(C)c1. The second-order valence-electron chi connectivity index (χ2n) is 5.08. The highest BCUT2D eigenvalue weighted by Gasteiger charge is 2.17. The van der Waals surface area contributed by atoms with Crippen LogP contribution in [-0.4, -0.2) is 44.8 Å². The fourth-order valence-electron chi connectivity index (χ4n) is 1.87. The van der Waals surface area contributed by atoms with Gasteiger partial charge in [-0.05, 0) is 17.9 Å². The average molecular weight is 267 g/mol. The second-order valence-corrected chi connectivity index (χ2v) is 5.08. The van der Waals surface area contributed by atoms with Crippen molar-refractivity contribution in [2.45, 2.75) is 26.7 Å². The summed E-state index contributed by atoms with van der Waals surface area (Å²) in [6.07, 6.45) is 4.47. The number of carboxylic acid groups (broad SMARTS) is 1. The van der Waals surface area contributed by atoms with E-state index in [0.717, 1.165) is 5.56 Å². The van der Waals surface area contributed by atoms with E-state index in [1.807, 2.05) is 27.1 Å². The van der Waals surface area contributed by atoms with Crippen LogP contribution in [0, 0.1) is 5.92 Å². The summed E-state index contributed by atoms with van der Waals surface area (Å²) in [5, 5.41) is 12.9. The van der Waals surface area contributed by atoms with Gasteiger partial charge in [-0.2, -0.15) is 5.10 Å². The quantitative estimate of drug-likeness (QED) is 0.797. The number of carbonyl (C=O) groups excluding carboxylic acids is 1. The van der Waals surface area contributed by atoms with Crippen LogP contribution in [0.5, 0.6) is 0 Å². The van der Waals surface area contributed by atoms with Crippen LogP contribution >= 0.6 is 0 Å². The smallest absolute Gasteiger partial charge is 0.323 e. The first-order valence-electron chi connectivity index (χ1n) is 6.35. The Bertz CT molecular complexity index is 440. The third-order valence-electron chi connectivity index (χ3n) is 2.65. The molecule has 0 aliphatic carbocycles. The standard InChI is InChI=1S/C13H21N3O3/c1-10(2)7-16(9-13(18)19)12(17)5-4-11-6-14-15(3)8-11/h6,8,10H,4-5,7,9H2,1-3H3,(H,18,19). The van der Waals surface area contributed by atoms with Crippen molar-refractivity contribution in [2.75, 3.05) is 13.1 Å². The minimum absolute atomic E-state index is 0.125. The third kappa shape index (κ3) is 5.54. The van der Waals surface area contributed by atoms with Crippen molar-refractivity contribution in [1.29, 1.82) is 0 Å². The molecule has 6 heteroatoms. The van der Waals surface area contributed by atoms with Crippen LogP contribution in [0.4, 0.5) is 0 Å². The number of aliphatic carboxylic acids is 1. The largest absolute Gasteiger partial charge is 0.480 e. The molecule has 0 aliphatic heterocycles. The van der Waals surface area contributed by atoms with Crippen molar-refractivity contribution in [2.24, 2.45) is 13.0 Å². The minimum Gasteiger partial charge on any atom is -0.480 e. The van der Waals surface area contributed by atoms with Gasteiger partial charge in [0.05, 0.1) is 6.20 Å². The lowest BCUT2D eigenvalue weighted by atomic mass is 10.1. The Morgan fingerprint density at radius 3 is 2.63 bits per heavy atom. The van der Waals surface area contributed by atoms with Gasteiger partial charge in [0.25, 0.3) is 0 Å². The fraction of sp³-hybridized carbons (Fsp3) is 0.615. The van der Waals surface area contributed by atoms with Crippen molar-refractivity contribution < 1.29 is 14.7 Å². The monoisotopic (exact) mass is 267 g/mol. The summed E-state index contributed by atoms with van der Waals surface area (Å²) in [7, 11) is 1.82. The number of hydrogen-bond acceptors (Lipinski definition) is 3. The molecule has 1 rings (SSSR count). The van der Waals surface area contributed by atoms with Crippen LogP contribution in [0.3, 0.4) is 0 Å². The first-order chi connectivity index (χ1) is 8.88. The number of amides is 1. The van der Waals surface area contributed by atoms with Gasteiger partial charge in [-0.3, -0.25) is 14.3 Å². The van der Waals surface area contributed by atoms with E-state index >= 15 is 0 Å². The molecular formula is C13H21N3O3. The Kier molecular flexibility index (Phi) is 5.54. The van der Waals surface area contributed by atoms with E-state index in [4.69, 9.17) is 5.11 Å². The maximum atomic E-state index is 12.0. The lowest BCUT2D eigenvalue weighted by Gasteiger charge is -2.22. The van der Waals surface area contributed by atoms with Crippen LogP contribution in [0.1, 0.15) is 25.8 Å². The maximum Gasteiger partial charge on any atom is 0.323 e. The highest BCUT2D eigenvalue weighted by atomic mass is 16.4. The molecular weight excluding hydrogens is 246 g/mol. The van der Waals surface area contributed by atoms with Crippen molar-refractivity contribution >= 4 is 11.9 Å². The topological polar surface area (TPSA) is 75.4 Å². The first-order valence-corrected chi connectivity index (χ1v) is 6.35. The highest BCUT2D eigenvalue weighted by Crippen LogP contribution is 2.06. The van der Waals surface area contributed by atoms with Crippen LogP contribution in [0.25, 0.3) is 0 Å². The Balaban J connectivity index is 2.53. The van der Waals surface area contributed by atoms with E-state index in [9.17, 15) is 9.59 Å². The van der Waals surface area contributed by atoms with Crippen molar-refractivity contribution in [3.05, 3.63) is 18.0 Å². The molecule has 106 valence electrons. The zero-order chi connectivity index (χ0) is 14.4. The summed E-state index contributed by atoms with van der Waals surface area (Å²) < 4.78 is 1.68. The lowest BCUT2D eigenvalue weighted by molar-refractivity contribution is -0.144. The molecule has 6 nitrogen and oxygen atoms in total. The molecule has 1 amide bonds. The maximum absolute atomic E-state index is 12.0. The van der Waals surface area contributed by atoms with Gasteiger partial charge in [0.1, 0.15) is 6.54 Å². The molecule has 1 aromatic heterocycles. The Morgan fingerprint density at radius 2 is 2.16 bits per heavy atom. The number of aromatic nitrogens is 2. The Morgan fingerprint density at radius 1 is 1.47 bits per heavy atom. The number of rotatable bonds is 7. The van der Waals surface area contributed by atoms with Gasteiger partial charge in [0.2, 0.25) is 5.91 Å². The molecule has 1 heterocycles. The van der Waals surface area contributed by atoms with Crippen LogP contribution in [0.2, 0.25) is 0 Å². The molecule has 1 N–H and O–H groups in total. The van der Waals surface area contributed by atoms with E-state index in [0.29, 0.717) is 19.4 Å². The van der Waals surface area contributed by atoms with Crippen molar-refractivity contribution in [1.82, 2.24) is 14.7 Å². The molecule has 19 heavy (non-hydrogen) atoms. The molecule has 0 saturated heterocycles. The average Bonchev–Trinajstić information content (AvgIpc) is 2.70. The summed E-state index contributed by atoms with van der Waals surface area (Å²) in [6, 6.07) is 0. The summed E-state index contributed by atoms with van der Waals surface area (Å²) in [6.45, 7) is 4.16. The molecule has 0 aliphatic rings. The van der Waals surface area contributed by atoms with Crippen molar-refractivity contribution in [3.63, 3.8) is 0 Å². The van der Waals surface area contributed by atoms with Gasteiger partial charge in [-0.1, -0.05) is 13.8 Å². The molecule has 0 fully saturated rings. The molecule has 0 bridgehead atoms. The second kappa shape index (κ2) is 6.92. The summed E-state index contributed by atoms with van der Waals surface area (Å²) in [5.41, 5.74) is 0.982. The molecule has 1 aromatic rings. The van der Waals surface area contributed by atoms with Crippen LogP contribution in [0.15, 0.2) is 12.4 Å². The number of nitrogens with zero attached hydrogens (tertiary/aromatic N) is 3. The molecule has 0 spiro atoms. The van der Waals surface area contributed by atoms with E-state index in [1.165, 1.54) is 4.90 Å². The number of hydrogen-bond donors (Lipinski definition) is 1. The zero-order valence-corrected chi connectivity index (χ0v) is 11.7. The Hall–Kier alpha value is -1.85. The summed E-state index contributed by atoms with van der Waals surface area (Å²) in [5.74, 6) is -0.850. The van der Waals surface area contributed by atoms with Gasteiger partial charge >= 0.3 is 5.97 Å². The molecule has 0 radical (unpaired) electrons. The molecule has 0 atom stereocenters. The van der Waals surface area contributed by atoms with E-state index in [2.05, 4.69) is 5.10 Å².